The van der Waals surface area contributed by atoms with E-state index in [0.29, 0.717) is 40.6 Å². The molecule has 6 rings (SSSR count). The topological polar surface area (TPSA) is 44.8 Å². The molecular weight excluding hydrogens is 400 g/mol. The number of fused-ring (bicyclic) bond motifs is 7. The van der Waals surface area contributed by atoms with Crippen molar-refractivity contribution in [3.63, 3.8) is 0 Å². The van der Waals surface area contributed by atoms with Crippen LogP contribution in [0, 0.1) is 58.2 Å². The van der Waals surface area contributed by atoms with E-state index in [0.717, 1.165) is 37.2 Å². The van der Waals surface area contributed by atoms with E-state index in [-0.39, 0.29) is 17.7 Å². The maximum absolute atomic E-state index is 12.5. The molecule has 6 fully saturated rings. The molecule has 32 heavy (non-hydrogen) atoms. The standard InChI is InChI=1S/C28H44O4/c1-16-8-13-28(31-15-16)17(2)24-23(32-28)14-22-18-6-7-20-19(25(29)30-5)9-11-26(20,3)21(18)10-12-27(22,24)4/h16-24H,6-15H2,1-5H3/t16-,17+,18-,19+,20-,21+,22+,23+,24+,26+,27+,28-/m1/s1. The van der Waals surface area contributed by atoms with E-state index in [1.54, 1.807) is 7.11 Å². The second kappa shape index (κ2) is 7.20. The third kappa shape index (κ3) is 2.72. The first kappa shape index (κ1) is 21.9. The Morgan fingerprint density at radius 2 is 1.69 bits per heavy atom. The third-order valence-corrected chi connectivity index (χ3v) is 12.2. The normalized spacial score (nSPS) is 58.7. The molecule has 2 aliphatic heterocycles. The molecule has 4 saturated carbocycles. The van der Waals surface area contributed by atoms with Gasteiger partial charge in [-0.2, -0.15) is 0 Å². The number of methoxy groups -OCH3 is 1. The first-order valence-corrected chi connectivity index (χ1v) is 13.6. The number of ether oxygens (including phenoxy) is 3. The molecule has 12 atom stereocenters. The lowest BCUT2D eigenvalue weighted by Crippen LogP contribution is -2.53. The SMILES string of the molecule is COC(=O)[C@H]1CC[C@@]2(C)[C@@H]1CC[C@@H]1[C@@H]2CC[C@]2(C)[C@@H]3[C@H](C[C@@H]12)O[C@]1(CC[C@@H](C)CO1)[C@H]3C. The summed E-state index contributed by atoms with van der Waals surface area (Å²) in [5.74, 6) is 4.53. The fraction of sp³-hybridized carbons (Fsp3) is 0.964. The molecule has 0 aromatic heterocycles. The molecule has 0 aromatic rings. The molecule has 1 spiro atoms. The zero-order valence-corrected chi connectivity index (χ0v) is 20.9. The maximum Gasteiger partial charge on any atom is 0.308 e. The van der Waals surface area contributed by atoms with Crippen LogP contribution < -0.4 is 0 Å². The van der Waals surface area contributed by atoms with Gasteiger partial charge in [0.15, 0.2) is 5.79 Å². The molecule has 0 unspecified atom stereocenters. The highest BCUT2D eigenvalue weighted by atomic mass is 16.7. The van der Waals surface area contributed by atoms with Gasteiger partial charge in [0, 0.05) is 12.3 Å². The molecule has 180 valence electrons. The van der Waals surface area contributed by atoms with Crippen molar-refractivity contribution in [1.82, 2.24) is 0 Å². The fourth-order valence-corrected chi connectivity index (χ4v) is 10.6. The number of hydrogen-bond acceptors (Lipinski definition) is 4. The molecule has 0 bridgehead atoms. The zero-order valence-electron chi connectivity index (χ0n) is 20.9. The molecule has 2 heterocycles. The van der Waals surface area contributed by atoms with Crippen molar-refractivity contribution in [2.75, 3.05) is 13.7 Å². The highest BCUT2D eigenvalue weighted by Gasteiger charge is 2.69. The molecule has 0 amide bonds. The van der Waals surface area contributed by atoms with Crippen molar-refractivity contribution in [2.45, 2.75) is 97.4 Å². The summed E-state index contributed by atoms with van der Waals surface area (Å²) in [6.07, 6.45) is 11.3. The lowest BCUT2D eigenvalue weighted by atomic mass is 9.46. The van der Waals surface area contributed by atoms with Crippen molar-refractivity contribution < 1.29 is 19.0 Å². The Hall–Kier alpha value is -0.610. The minimum absolute atomic E-state index is 0.0440. The average Bonchev–Trinajstić information content (AvgIpc) is 3.37. The van der Waals surface area contributed by atoms with Gasteiger partial charge in [0.25, 0.3) is 0 Å². The van der Waals surface area contributed by atoms with Crippen LogP contribution >= 0.6 is 0 Å². The van der Waals surface area contributed by atoms with Gasteiger partial charge < -0.3 is 14.2 Å². The molecule has 4 heteroatoms. The van der Waals surface area contributed by atoms with Gasteiger partial charge in [-0.05, 0) is 97.7 Å². The Morgan fingerprint density at radius 3 is 2.41 bits per heavy atom. The first-order chi connectivity index (χ1) is 15.2. The van der Waals surface area contributed by atoms with Crippen molar-refractivity contribution in [1.29, 1.82) is 0 Å². The van der Waals surface area contributed by atoms with Crippen molar-refractivity contribution in [2.24, 2.45) is 58.2 Å². The Kier molecular flexibility index (Phi) is 4.92. The number of hydrogen-bond donors (Lipinski definition) is 0. The van der Waals surface area contributed by atoms with Crippen LogP contribution in [0.5, 0.6) is 0 Å². The summed E-state index contributed by atoms with van der Waals surface area (Å²) < 4.78 is 18.6. The van der Waals surface area contributed by atoms with Crippen LogP contribution in [0.3, 0.4) is 0 Å². The van der Waals surface area contributed by atoms with Gasteiger partial charge in [-0.3, -0.25) is 4.79 Å². The summed E-state index contributed by atoms with van der Waals surface area (Å²) in [7, 11) is 1.57. The molecule has 0 N–H and O–H groups in total. The highest BCUT2D eigenvalue weighted by molar-refractivity contribution is 5.73. The lowest BCUT2D eigenvalue weighted by molar-refractivity contribution is -0.273. The van der Waals surface area contributed by atoms with Gasteiger partial charge in [-0.15, -0.1) is 0 Å². The molecule has 0 radical (unpaired) electrons. The highest BCUT2D eigenvalue weighted by Crippen LogP contribution is 2.72. The second-order valence-electron chi connectivity index (χ2n) is 13.3. The molecule has 4 aliphatic carbocycles. The monoisotopic (exact) mass is 444 g/mol. The number of esters is 1. The van der Waals surface area contributed by atoms with Crippen LogP contribution in [0.1, 0.15) is 85.5 Å². The van der Waals surface area contributed by atoms with Crippen molar-refractivity contribution >= 4 is 5.97 Å². The largest absolute Gasteiger partial charge is 0.469 e. The van der Waals surface area contributed by atoms with E-state index < -0.39 is 0 Å². The smallest absolute Gasteiger partial charge is 0.308 e. The van der Waals surface area contributed by atoms with Crippen LogP contribution in [0.4, 0.5) is 0 Å². The minimum Gasteiger partial charge on any atom is -0.469 e. The number of carbonyl (C=O) groups is 1. The van der Waals surface area contributed by atoms with Crippen LogP contribution in [0.25, 0.3) is 0 Å². The van der Waals surface area contributed by atoms with E-state index >= 15 is 0 Å². The minimum atomic E-state index is -0.310. The van der Waals surface area contributed by atoms with Gasteiger partial charge >= 0.3 is 5.97 Å². The van der Waals surface area contributed by atoms with Gasteiger partial charge in [0.2, 0.25) is 0 Å². The predicted molar refractivity (Wildman–Crippen MR) is 123 cm³/mol. The predicted octanol–water partition coefficient (Wildman–Crippen LogP) is 5.83. The van der Waals surface area contributed by atoms with Gasteiger partial charge in [-0.1, -0.05) is 27.7 Å². The fourth-order valence-electron chi connectivity index (χ4n) is 10.6. The Balaban J connectivity index is 1.25. The summed E-state index contributed by atoms with van der Waals surface area (Å²) in [5.41, 5.74) is 0.696. The van der Waals surface area contributed by atoms with Crippen LogP contribution in [0.15, 0.2) is 0 Å². The summed E-state index contributed by atoms with van der Waals surface area (Å²) in [4.78, 5) is 12.5. The Morgan fingerprint density at radius 1 is 0.906 bits per heavy atom. The molecule has 4 nitrogen and oxygen atoms in total. The molecular formula is C28H44O4. The summed E-state index contributed by atoms with van der Waals surface area (Å²) in [6, 6.07) is 0. The first-order valence-electron chi connectivity index (χ1n) is 13.6. The van der Waals surface area contributed by atoms with Crippen LogP contribution in [-0.4, -0.2) is 31.6 Å². The zero-order chi connectivity index (χ0) is 22.5. The molecule has 6 aliphatic rings. The van der Waals surface area contributed by atoms with E-state index in [9.17, 15) is 4.79 Å². The number of carbonyl (C=O) groups excluding carboxylic acids is 1. The average molecular weight is 445 g/mol. The summed E-state index contributed by atoms with van der Waals surface area (Å²) in [6.45, 7) is 10.7. The van der Waals surface area contributed by atoms with E-state index in [1.165, 1.54) is 44.9 Å². The van der Waals surface area contributed by atoms with E-state index in [1.807, 2.05) is 0 Å². The summed E-state index contributed by atoms with van der Waals surface area (Å²) in [5, 5.41) is 0. The van der Waals surface area contributed by atoms with Gasteiger partial charge in [-0.25, -0.2) is 0 Å². The lowest BCUT2D eigenvalue weighted by Gasteiger charge is -2.58. The van der Waals surface area contributed by atoms with Gasteiger partial charge in [0.1, 0.15) is 0 Å². The van der Waals surface area contributed by atoms with E-state index in [4.69, 9.17) is 14.2 Å². The third-order valence-electron chi connectivity index (χ3n) is 12.2. The van der Waals surface area contributed by atoms with Gasteiger partial charge in [0.05, 0.1) is 25.7 Å². The Bertz CT molecular complexity index is 771. The number of rotatable bonds is 1. The van der Waals surface area contributed by atoms with Crippen molar-refractivity contribution in [3.05, 3.63) is 0 Å². The van der Waals surface area contributed by atoms with Crippen molar-refractivity contribution in [3.8, 4) is 0 Å². The van der Waals surface area contributed by atoms with Crippen LogP contribution in [-0.2, 0) is 19.0 Å². The van der Waals surface area contributed by atoms with Crippen LogP contribution in [0.2, 0.25) is 0 Å². The molecule has 0 aromatic carbocycles. The maximum atomic E-state index is 12.5. The second-order valence-corrected chi connectivity index (χ2v) is 13.3. The quantitative estimate of drug-likeness (QED) is 0.477. The molecule has 2 saturated heterocycles. The summed E-state index contributed by atoms with van der Waals surface area (Å²) >= 11 is 0. The van der Waals surface area contributed by atoms with E-state index in [2.05, 4.69) is 27.7 Å². The Labute approximate surface area is 194 Å².